The number of carbonyl (C=O) groups is 2. The number of nitrogens with zero attached hydrogens (tertiary/aromatic N) is 1. The number of aromatic amines is 1. The van der Waals surface area contributed by atoms with Gasteiger partial charge in [-0.15, -0.1) is 0 Å². The average molecular weight is 333 g/mol. The fourth-order valence-corrected chi connectivity index (χ4v) is 3.38. The van der Waals surface area contributed by atoms with Crippen molar-refractivity contribution < 1.29 is 9.59 Å². The van der Waals surface area contributed by atoms with Gasteiger partial charge >= 0.3 is 0 Å². The van der Waals surface area contributed by atoms with Crippen LogP contribution >= 0.6 is 0 Å². The molecule has 0 bridgehead atoms. The maximum absolute atomic E-state index is 12.2. The fourth-order valence-electron chi connectivity index (χ4n) is 3.38. The lowest BCUT2D eigenvalue weighted by Gasteiger charge is -2.17. The van der Waals surface area contributed by atoms with Crippen LogP contribution in [0.25, 0.3) is 10.9 Å². The lowest BCUT2D eigenvalue weighted by molar-refractivity contribution is -0.121. The van der Waals surface area contributed by atoms with E-state index >= 15 is 0 Å². The minimum atomic E-state index is -0.0373. The number of amides is 2. The molecule has 126 valence electrons. The number of hydrogen-bond acceptors (Lipinski definition) is 2. The largest absolute Gasteiger partial charge is 0.361 e. The van der Waals surface area contributed by atoms with Crippen molar-refractivity contribution in [3.05, 3.63) is 65.9 Å². The van der Waals surface area contributed by atoms with Gasteiger partial charge in [0.2, 0.25) is 11.8 Å². The number of benzene rings is 2. The summed E-state index contributed by atoms with van der Waals surface area (Å²) in [6, 6.07) is 15.7. The van der Waals surface area contributed by atoms with Gasteiger partial charge in [0.25, 0.3) is 0 Å². The van der Waals surface area contributed by atoms with Crippen LogP contribution in [0.1, 0.15) is 11.1 Å². The lowest BCUT2D eigenvalue weighted by atomic mass is 10.1. The molecule has 0 aliphatic carbocycles. The van der Waals surface area contributed by atoms with E-state index in [4.69, 9.17) is 0 Å². The van der Waals surface area contributed by atoms with Crippen LogP contribution in [0.4, 0.5) is 5.69 Å². The van der Waals surface area contributed by atoms with Crippen molar-refractivity contribution in [1.82, 2.24) is 10.3 Å². The minimum absolute atomic E-state index is 0.0373. The van der Waals surface area contributed by atoms with Gasteiger partial charge in [0, 0.05) is 35.9 Å². The monoisotopic (exact) mass is 333 g/mol. The Balaban J connectivity index is 1.34. The summed E-state index contributed by atoms with van der Waals surface area (Å²) in [6.45, 7) is 0.941. The molecule has 1 aromatic heterocycles. The number of fused-ring (bicyclic) bond motifs is 2. The van der Waals surface area contributed by atoms with Gasteiger partial charge in [0.15, 0.2) is 0 Å². The van der Waals surface area contributed by atoms with Gasteiger partial charge in [0.05, 0.1) is 12.8 Å². The van der Waals surface area contributed by atoms with Crippen molar-refractivity contribution >= 4 is 28.4 Å². The molecule has 4 rings (SSSR count). The first kappa shape index (κ1) is 15.4. The molecule has 0 saturated carbocycles. The van der Waals surface area contributed by atoms with Crippen LogP contribution in [0.15, 0.2) is 54.7 Å². The SMILES string of the molecule is O=C(Cc1c[nH]c2ccccc12)NCCN1C(=O)Cc2ccccc21. The average Bonchev–Trinajstić information content (AvgIpc) is 3.16. The minimum Gasteiger partial charge on any atom is -0.361 e. The first-order valence-corrected chi connectivity index (χ1v) is 8.42. The first-order chi connectivity index (χ1) is 12.2. The van der Waals surface area contributed by atoms with Crippen molar-refractivity contribution in [3.8, 4) is 0 Å². The Hall–Kier alpha value is -3.08. The van der Waals surface area contributed by atoms with Gasteiger partial charge in [0.1, 0.15) is 0 Å². The topological polar surface area (TPSA) is 65.2 Å². The third-order valence-corrected chi connectivity index (χ3v) is 4.61. The molecule has 2 heterocycles. The first-order valence-electron chi connectivity index (χ1n) is 8.42. The van der Waals surface area contributed by atoms with Crippen LogP contribution in [0.3, 0.4) is 0 Å². The van der Waals surface area contributed by atoms with E-state index in [1.54, 1.807) is 4.90 Å². The Kier molecular flexibility index (Phi) is 3.98. The normalized spacial score (nSPS) is 13.3. The smallest absolute Gasteiger partial charge is 0.231 e. The van der Waals surface area contributed by atoms with Crippen molar-refractivity contribution in [2.75, 3.05) is 18.0 Å². The number of hydrogen-bond donors (Lipinski definition) is 2. The van der Waals surface area contributed by atoms with Crippen molar-refractivity contribution in [2.45, 2.75) is 12.8 Å². The van der Waals surface area contributed by atoms with Gasteiger partial charge < -0.3 is 15.2 Å². The molecule has 0 saturated heterocycles. The fraction of sp³-hybridized carbons (Fsp3) is 0.200. The third kappa shape index (κ3) is 3.01. The van der Waals surface area contributed by atoms with Gasteiger partial charge in [-0.3, -0.25) is 9.59 Å². The summed E-state index contributed by atoms with van der Waals surface area (Å²) >= 11 is 0. The van der Waals surface area contributed by atoms with Crippen LogP contribution in [-0.4, -0.2) is 29.9 Å². The predicted molar refractivity (Wildman–Crippen MR) is 97.5 cm³/mol. The van der Waals surface area contributed by atoms with E-state index in [9.17, 15) is 9.59 Å². The molecule has 0 fully saturated rings. The summed E-state index contributed by atoms with van der Waals surface area (Å²) in [5.74, 6) is 0.0526. The molecule has 25 heavy (non-hydrogen) atoms. The molecule has 0 atom stereocenters. The molecular weight excluding hydrogens is 314 g/mol. The van der Waals surface area contributed by atoms with E-state index in [0.717, 1.165) is 27.7 Å². The standard InChI is InChI=1S/C20H19N3O2/c24-19(11-15-13-22-17-7-3-2-6-16(15)17)21-9-10-23-18-8-4-1-5-14(18)12-20(23)25/h1-8,13,22H,9-12H2,(H,21,24). The zero-order valence-electron chi connectivity index (χ0n) is 13.8. The summed E-state index contributed by atoms with van der Waals surface area (Å²) in [7, 11) is 0. The molecule has 2 N–H and O–H groups in total. The quantitative estimate of drug-likeness (QED) is 0.753. The molecule has 3 aromatic rings. The molecule has 2 amide bonds. The van der Waals surface area contributed by atoms with E-state index in [0.29, 0.717) is 25.9 Å². The molecule has 2 aromatic carbocycles. The van der Waals surface area contributed by atoms with Crippen molar-refractivity contribution in [2.24, 2.45) is 0 Å². The Morgan fingerprint density at radius 1 is 1.12 bits per heavy atom. The number of para-hydroxylation sites is 2. The zero-order chi connectivity index (χ0) is 17.2. The van der Waals surface area contributed by atoms with E-state index < -0.39 is 0 Å². The van der Waals surface area contributed by atoms with Crippen LogP contribution in [0.5, 0.6) is 0 Å². The lowest BCUT2D eigenvalue weighted by Crippen LogP contribution is -2.37. The van der Waals surface area contributed by atoms with Crippen LogP contribution in [0.2, 0.25) is 0 Å². The maximum atomic E-state index is 12.2. The van der Waals surface area contributed by atoms with Crippen LogP contribution < -0.4 is 10.2 Å². The summed E-state index contributed by atoms with van der Waals surface area (Å²) in [5.41, 5.74) is 4.02. The molecule has 5 heteroatoms. The molecule has 0 spiro atoms. The number of rotatable bonds is 5. The summed E-state index contributed by atoms with van der Waals surface area (Å²) in [5, 5.41) is 3.99. The number of nitrogens with one attached hydrogen (secondary N) is 2. The van der Waals surface area contributed by atoms with Crippen LogP contribution in [0, 0.1) is 0 Å². The summed E-state index contributed by atoms with van der Waals surface area (Å²) in [6.07, 6.45) is 2.65. The Morgan fingerprint density at radius 3 is 2.84 bits per heavy atom. The van der Waals surface area contributed by atoms with Crippen molar-refractivity contribution in [1.29, 1.82) is 0 Å². The maximum Gasteiger partial charge on any atom is 0.231 e. The predicted octanol–water partition coefficient (Wildman–Crippen LogP) is 2.42. The van der Waals surface area contributed by atoms with Gasteiger partial charge in [-0.2, -0.15) is 0 Å². The second-order valence-corrected chi connectivity index (χ2v) is 6.24. The number of H-pyrrole nitrogens is 1. The number of carbonyl (C=O) groups excluding carboxylic acids is 2. The molecule has 5 nitrogen and oxygen atoms in total. The number of anilines is 1. The van der Waals surface area contributed by atoms with Crippen molar-refractivity contribution in [3.63, 3.8) is 0 Å². The van der Waals surface area contributed by atoms with E-state index in [1.807, 2.05) is 54.7 Å². The van der Waals surface area contributed by atoms with Gasteiger partial charge in [-0.05, 0) is 23.3 Å². The molecule has 1 aliphatic heterocycles. The zero-order valence-corrected chi connectivity index (χ0v) is 13.8. The number of aromatic nitrogens is 1. The third-order valence-electron chi connectivity index (χ3n) is 4.61. The Morgan fingerprint density at radius 2 is 1.92 bits per heavy atom. The van der Waals surface area contributed by atoms with Gasteiger partial charge in [-0.25, -0.2) is 0 Å². The summed E-state index contributed by atoms with van der Waals surface area (Å²) in [4.78, 5) is 29.3. The van der Waals surface area contributed by atoms with Gasteiger partial charge in [-0.1, -0.05) is 36.4 Å². The molecular formula is C20H19N3O2. The molecule has 1 aliphatic rings. The second kappa shape index (κ2) is 6.43. The summed E-state index contributed by atoms with van der Waals surface area (Å²) < 4.78 is 0. The van der Waals surface area contributed by atoms with E-state index in [1.165, 1.54) is 0 Å². The molecule has 0 unspecified atom stereocenters. The van der Waals surface area contributed by atoms with E-state index in [2.05, 4.69) is 10.3 Å². The highest BCUT2D eigenvalue weighted by Crippen LogP contribution is 2.27. The van der Waals surface area contributed by atoms with Crippen LogP contribution in [-0.2, 0) is 22.4 Å². The Bertz CT molecular complexity index is 945. The highest BCUT2D eigenvalue weighted by molar-refractivity contribution is 6.01. The van der Waals surface area contributed by atoms with E-state index in [-0.39, 0.29) is 11.8 Å². The molecule has 0 radical (unpaired) electrons. The highest BCUT2D eigenvalue weighted by atomic mass is 16.2. The second-order valence-electron chi connectivity index (χ2n) is 6.24. The highest BCUT2D eigenvalue weighted by Gasteiger charge is 2.26. The Labute approximate surface area is 145 Å².